The first kappa shape index (κ1) is 36.4. The van der Waals surface area contributed by atoms with Gasteiger partial charge in [-0.15, -0.1) is 0 Å². The molecule has 10 aromatic rings. The first-order valence-corrected chi connectivity index (χ1v) is 21.2. The maximum absolute atomic E-state index is 3.65. The van der Waals surface area contributed by atoms with Crippen molar-refractivity contribution in [3.63, 3.8) is 0 Å². The first-order valence-electron chi connectivity index (χ1n) is 21.2. The van der Waals surface area contributed by atoms with E-state index in [-0.39, 0.29) is 5.41 Å². The van der Waals surface area contributed by atoms with Crippen LogP contribution in [0.25, 0.3) is 89.9 Å². The van der Waals surface area contributed by atoms with Crippen molar-refractivity contribution in [1.29, 1.82) is 0 Å². The Morgan fingerprint density at radius 1 is 0.443 bits per heavy atom. The molecule has 0 radical (unpaired) electrons. The van der Waals surface area contributed by atoms with Gasteiger partial charge in [0.1, 0.15) is 0 Å². The molecule has 0 spiro atoms. The highest BCUT2D eigenvalue weighted by Crippen LogP contribution is 2.50. The first-order chi connectivity index (χ1) is 30.0. The summed E-state index contributed by atoms with van der Waals surface area (Å²) >= 11 is 0. The van der Waals surface area contributed by atoms with Gasteiger partial charge < -0.3 is 9.88 Å². The summed E-state index contributed by atoms with van der Waals surface area (Å²) < 4.78 is 2.38. The molecule has 0 fully saturated rings. The third-order valence-electron chi connectivity index (χ3n) is 12.7. The second kappa shape index (κ2) is 14.9. The van der Waals surface area contributed by atoms with Crippen molar-refractivity contribution >= 4 is 56.5 Å². The number of benzene rings is 9. The minimum atomic E-state index is -0.164. The van der Waals surface area contributed by atoms with E-state index in [2.05, 4.69) is 248 Å². The molecule has 1 heterocycles. The van der Waals surface area contributed by atoms with Crippen LogP contribution in [0, 0.1) is 0 Å². The molecule has 0 unspecified atom stereocenters. The Morgan fingerprint density at radius 2 is 1.07 bits per heavy atom. The maximum atomic E-state index is 3.65. The summed E-state index contributed by atoms with van der Waals surface area (Å²) in [6, 6.07) is 72.6. The summed E-state index contributed by atoms with van der Waals surface area (Å²) in [5, 5.41) is 8.64. The molecule has 2 nitrogen and oxygen atoms in total. The van der Waals surface area contributed by atoms with E-state index < -0.39 is 0 Å². The lowest BCUT2D eigenvalue weighted by atomic mass is 9.81. The Kier molecular flexibility index (Phi) is 8.86. The molecule has 0 bridgehead atoms. The molecule has 1 aliphatic carbocycles. The van der Waals surface area contributed by atoms with E-state index >= 15 is 0 Å². The number of para-hydroxylation sites is 2. The summed E-state index contributed by atoms with van der Waals surface area (Å²) in [7, 11) is 0. The van der Waals surface area contributed by atoms with E-state index in [0.717, 1.165) is 5.69 Å². The quantitative estimate of drug-likeness (QED) is 0.152. The molecule has 2 heteroatoms. The predicted molar refractivity (Wildman–Crippen MR) is 261 cm³/mol. The largest absolute Gasteiger partial charge is 0.362 e. The molecule has 0 saturated heterocycles. The van der Waals surface area contributed by atoms with Crippen LogP contribution < -0.4 is 5.32 Å². The van der Waals surface area contributed by atoms with Crippen LogP contribution in [-0.4, -0.2) is 4.57 Å². The van der Waals surface area contributed by atoms with Gasteiger partial charge in [0.2, 0.25) is 0 Å². The van der Waals surface area contributed by atoms with Crippen molar-refractivity contribution in [3.05, 3.63) is 234 Å². The van der Waals surface area contributed by atoms with Gasteiger partial charge in [-0.1, -0.05) is 178 Å². The standard InChI is InChI=1S/C59H44N2/c1-59(2)55-38-46(45-30-34-58-54(37-45)53-19-11-12-20-57(53)61(58)48-16-7-4-8-17-48)29-32-51(55)52-33-31-47(39-56(52)59)60-36-35-50-44(28-27-43-15-9-10-18-49(43)50)26-23-40-21-24-42(25-22-40)41-13-5-3-6-14-41/h3-39,60H,1-2H3/b26-23-,36-35+. The van der Waals surface area contributed by atoms with Crippen LogP contribution in [0.3, 0.4) is 0 Å². The van der Waals surface area contributed by atoms with Crippen LogP contribution in [-0.2, 0) is 5.41 Å². The molecule has 9 aromatic carbocycles. The van der Waals surface area contributed by atoms with E-state index in [0.29, 0.717) is 0 Å². The third-order valence-corrected chi connectivity index (χ3v) is 12.7. The zero-order valence-corrected chi connectivity index (χ0v) is 34.3. The van der Waals surface area contributed by atoms with Gasteiger partial charge >= 0.3 is 0 Å². The van der Waals surface area contributed by atoms with Gasteiger partial charge in [-0.2, -0.15) is 0 Å². The van der Waals surface area contributed by atoms with Gasteiger partial charge in [-0.25, -0.2) is 0 Å². The monoisotopic (exact) mass is 780 g/mol. The van der Waals surface area contributed by atoms with Crippen molar-refractivity contribution in [2.75, 3.05) is 5.32 Å². The van der Waals surface area contributed by atoms with Crippen LogP contribution in [0.2, 0.25) is 0 Å². The lowest BCUT2D eigenvalue weighted by Gasteiger charge is -2.22. The summed E-state index contributed by atoms with van der Waals surface area (Å²) in [5.41, 5.74) is 18.3. The topological polar surface area (TPSA) is 17.0 Å². The van der Waals surface area contributed by atoms with Crippen LogP contribution in [0.15, 0.2) is 206 Å². The summed E-state index contributed by atoms with van der Waals surface area (Å²) in [6.45, 7) is 4.73. The normalized spacial score (nSPS) is 13.1. The Balaban J connectivity index is 0.873. The van der Waals surface area contributed by atoms with Crippen molar-refractivity contribution in [2.45, 2.75) is 19.3 Å². The average molecular weight is 781 g/mol. The smallest absolute Gasteiger partial charge is 0.0541 e. The van der Waals surface area contributed by atoms with Gasteiger partial charge in [0.05, 0.1) is 11.0 Å². The zero-order chi connectivity index (χ0) is 40.9. The van der Waals surface area contributed by atoms with E-state index in [9.17, 15) is 0 Å². The third kappa shape index (κ3) is 6.45. The van der Waals surface area contributed by atoms with E-state index in [4.69, 9.17) is 0 Å². The summed E-state index contributed by atoms with van der Waals surface area (Å²) in [4.78, 5) is 0. The molecule has 0 atom stereocenters. The SMILES string of the molecule is CC1(C)c2cc(N/C=C/c3c(/C=C\c4ccc(-c5ccccc5)cc4)ccc4ccccc34)ccc2-c2ccc(-c3ccc4c(c3)c3ccccc3n4-c3ccccc3)cc21. The zero-order valence-electron chi connectivity index (χ0n) is 34.3. The minimum absolute atomic E-state index is 0.164. The van der Waals surface area contributed by atoms with Crippen molar-refractivity contribution < 1.29 is 0 Å². The number of aromatic nitrogens is 1. The van der Waals surface area contributed by atoms with Crippen LogP contribution in [0.4, 0.5) is 5.69 Å². The number of fused-ring (bicyclic) bond motifs is 7. The van der Waals surface area contributed by atoms with E-state index in [1.165, 1.54) is 99.5 Å². The number of nitrogens with zero attached hydrogens (tertiary/aromatic N) is 1. The number of hydrogen-bond donors (Lipinski definition) is 1. The lowest BCUT2D eigenvalue weighted by Crippen LogP contribution is -2.15. The molecule has 0 aliphatic heterocycles. The van der Waals surface area contributed by atoms with Crippen LogP contribution >= 0.6 is 0 Å². The van der Waals surface area contributed by atoms with Crippen molar-refractivity contribution in [2.24, 2.45) is 0 Å². The van der Waals surface area contributed by atoms with Gasteiger partial charge in [0.15, 0.2) is 0 Å². The average Bonchev–Trinajstić information content (AvgIpc) is 3.76. The maximum Gasteiger partial charge on any atom is 0.0541 e. The van der Waals surface area contributed by atoms with E-state index in [1.807, 2.05) is 0 Å². The summed E-state index contributed by atoms with van der Waals surface area (Å²) in [5.74, 6) is 0. The molecule has 1 aliphatic rings. The molecule has 290 valence electrons. The highest BCUT2D eigenvalue weighted by Gasteiger charge is 2.36. The number of hydrogen-bond acceptors (Lipinski definition) is 1. The van der Waals surface area contributed by atoms with E-state index in [1.54, 1.807) is 0 Å². The fourth-order valence-corrected chi connectivity index (χ4v) is 9.48. The second-order valence-corrected chi connectivity index (χ2v) is 16.7. The van der Waals surface area contributed by atoms with Gasteiger partial charge in [0.25, 0.3) is 0 Å². The molecule has 0 saturated carbocycles. The highest BCUT2D eigenvalue weighted by atomic mass is 15.0. The Hall–Kier alpha value is -7.68. The molecule has 1 N–H and O–H groups in total. The molecule has 11 rings (SSSR count). The van der Waals surface area contributed by atoms with Crippen molar-refractivity contribution in [1.82, 2.24) is 4.57 Å². The fourth-order valence-electron chi connectivity index (χ4n) is 9.48. The fraction of sp³-hybridized carbons (Fsp3) is 0.0508. The second-order valence-electron chi connectivity index (χ2n) is 16.7. The molecule has 1 aromatic heterocycles. The minimum Gasteiger partial charge on any atom is -0.362 e. The predicted octanol–water partition coefficient (Wildman–Crippen LogP) is 15.8. The van der Waals surface area contributed by atoms with Crippen molar-refractivity contribution in [3.8, 4) is 39.1 Å². The molecule has 0 amide bonds. The van der Waals surface area contributed by atoms with Crippen LogP contribution in [0.1, 0.15) is 41.7 Å². The molecular formula is C59H44N2. The van der Waals surface area contributed by atoms with Gasteiger partial charge in [-0.3, -0.25) is 0 Å². The molecule has 61 heavy (non-hydrogen) atoms. The Morgan fingerprint density at radius 3 is 1.89 bits per heavy atom. The Bertz CT molecular complexity index is 3330. The number of rotatable bonds is 8. The lowest BCUT2D eigenvalue weighted by molar-refractivity contribution is 0.661. The van der Waals surface area contributed by atoms with Crippen LogP contribution in [0.5, 0.6) is 0 Å². The Labute approximate surface area is 357 Å². The molecular weight excluding hydrogens is 737 g/mol. The highest BCUT2D eigenvalue weighted by molar-refractivity contribution is 6.10. The van der Waals surface area contributed by atoms with Gasteiger partial charge in [-0.05, 0) is 127 Å². The number of nitrogens with one attached hydrogen (secondary N) is 1. The van der Waals surface area contributed by atoms with Gasteiger partial charge in [0, 0.05) is 33.8 Å². The number of anilines is 1. The summed E-state index contributed by atoms with van der Waals surface area (Å²) in [6.07, 6.45) is 8.74.